The molecule has 0 spiro atoms. The van der Waals surface area contributed by atoms with Crippen molar-refractivity contribution in [3.05, 3.63) is 64.9 Å². The molecular formula is C22H26ClN3O. The molecule has 4 nitrogen and oxygen atoms in total. The number of imidazole rings is 1. The van der Waals surface area contributed by atoms with Crippen molar-refractivity contribution in [1.82, 2.24) is 14.5 Å². The van der Waals surface area contributed by atoms with Gasteiger partial charge < -0.3 is 9.67 Å². The maximum Gasteiger partial charge on any atom is 0.127 e. The van der Waals surface area contributed by atoms with Gasteiger partial charge in [-0.3, -0.25) is 4.90 Å². The van der Waals surface area contributed by atoms with Gasteiger partial charge in [-0.15, -0.1) is 0 Å². The van der Waals surface area contributed by atoms with Gasteiger partial charge >= 0.3 is 0 Å². The van der Waals surface area contributed by atoms with E-state index >= 15 is 0 Å². The fourth-order valence-corrected chi connectivity index (χ4v) is 4.23. The summed E-state index contributed by atoms with van der Waals surface area (Å²) in [7, 11) is 0. The zero-order chi connectivity index (χ0) is 18.8. The molecule has 5 heteroatoms. The molecule has 1 unspecified atom stereocenters. The van der Waals surface area contributed by atoms with Gasteiger partial charge in [-0.1, -0.05) is 41.9 Å². The van der Waals surface area contributed by atoms with Crippen molar-refractivity contribution in [2.75, 3.05) is 19.7 Å². The molecule has 1 aliphatic rings. The Balaban J connectivity index is 1.69. The minimum Gasteiger partial charge on any atom is -0.396 e. The molecule has 1 saturated heterocycles. The lowest BCUT2D eigenvalue weighted by molar-refractivity contribution is 0.102. The first kappa shape index (κ1) is 18.5. The van der Waals surface area contributed by atoms with Gasteiger partial charge in [0.1, 0.15) is 5.82 Å². The van der Waals surface area contributed by atoms with E-state index in [1.165, 1.54) is 5.56 Å². The molecule has 2 heterocycles. The highest BCUT2D eigenvalue weighted by Crippen LogP contribution is 2.30. The van der Waals surface area contributed by atoms with Crippen LogP contribution < -0.4 is 0 Å². The van der Waals surface area contributed by atoms with Gasteiger partial charge in [0, 0.05) is 18.2 Å². The van der Waals surface area contributed by atoms with E-state index in [-0.39, 0.29) is 6.04 Å². The van der Waals surface area contributed by atoms with Crippen LogP contribution in [0.25, 0.3) is 11.0 Å². The molecule has 0 amide bonds. The number of nitrogens with zero attached hydrogens (tertiary/aromatic N) is 3. The second-order valence-corrected chi connectivity index (χ2v) is 7.95. The smallest absolute Gasteiger partial charge is 0.127 e. The molecule has 0 saturated carbocycles. The number of aliphatic hydroxyl groups is 1. The van der Waals surface area contributed by atoms with Crippen molar-refractivity contribution < 1.29 is 5.11 Å². The molecule has 0 aliphatic carbocycles. The number of aliphatic hydroxyl groups excluding tert-OH is 1. The van der Waals surface area contributed by atoms with Crippen LogP contribution in [0.3, 0.4) is 0 Å². The van der Waals surface area contributed by atoms with Crippen LogP contribution in [0.15, 0.2) is 48.5 Å². The van der Waals surface area contributed by atoms with Crippen LogP contribution >= 0.6 is 11.6 Å². The van der Waals surface area contributed by atoms with Gasteiger partial charge in [0.25, 0.3) is 0 Å². The summed E-state index contributed by atoms with van der Waals surface area (Å²) < 4.78 is 2.32. The normalized spacial score (nSPS) is 17.4. The number of hydrogen-bond acceptors (Lipinski definition) is 3. The van der Waals surface area contributed by atoms with Crippen LogP contribution in [0.4, 0.5) is 0 Å². The number of piperidine rings is 1. The molecule has 1 aliphatic heterocycles. The Kier molecular flexibility index (Phi) is 5.48. The minimum atomic E-state index is 0.222. The first-order chi connectivity index (χ1) is 13.2. The maximum absolute atomic E-state index is 9.41. The standard InChI is InChI=1S/C22H26ClN3O/c1-16(25-11-9-18(15-27)10-12-25)22-24-20-13-19(23)7-8-21(20)26(22)14-17-5-3-2-4-6-17/h2-8,13,16,18,27H,9-12,14-15H2,1H3. The number of hydrogen-bond donors (Lipinski definition) is 1. The molecule has 1 aromatic heterocycles. The highest BCUT2D eigenvalue weighted by Gasteiger charge is 2.26. The number of fused-ring (bicyclic) bond motifs is 1. The van der Waals surface area contributed by atoms with E-state index in [0.717, 1.165) is 54.4 Å². The molecule has 0 bridgehead atoms. The Bertz CT molecular complexity index is 901. The fourth-order valence-electron chi connectivity index (χ4n) is 4.06. The first-order valence-corrected chi connectivity index (χ1v) is 10.1. The van der Waals surface area contributed by atoms with Crippen molar-refractivity contribution in [3.63, 3.8) is 0 Å². The molecule has 1 fully saturated rings. The van der Waals surface area contributed by atoms with Gasteiger partial charge in [0.2, 0.25) is 0 Å². The van der Waals surface area contributed by atoms with Gasteiger partial charge in [0.15, 0.2) is 0 Å². The second kappa shape index (κ2) is 8.01. The summed E-state index contributed by atoms with van der Waals surface area (Å²) in [6.45, 7) is 5.34. The highest BCUT2D eigenvalue weighted by atomic mass is 35.5. The predicted molar refractivity (Wildman–Crippen MR) is 110 cm³/mol. The number of likely N-dealkylation sites (tertiary alicyclic amines) is 1. The Morgan fingerprint density at radius 1 is 1.15 bits per heavy atom. The minimum absolute atomic E-state index is 0.222. The molecule has 27 heavy (non-hydrogen) atoms. The Morgan fingerprint density at radius 2 is 1.89 bits per heavy atom. The fraction of sp³-hybridized carbons (Fsp3) is 0.409. The van der Waals surface area contributed by atoms with Crippen LogP contribution in [0.2, 0.25) is 5.02 Å². The van der Waals surface area contributed by atoms with Crippen LogP contribution in [-0.4, -0.2) is 39.3 Å². The Morgan fingerprint density at radius 3 is 2.59 bits per heavy atom. The lowest BCUT2D eigenvalue weighted by atomic mass is 9.97. The lowest BCUT2D eigenvalue weighted by Crippen LogP contribution is -2.37. The zero-order valence-corrected chi connectivity index (χ0v) is 16.4. The van der Waals surface area contributed by atoms with Crippen LogP contribution in [0, 0.1) is 5.92 Å². The van der Waals surface area contributed by atoms with Crippen LogP contribution in [0.5, 0.6) is 0 Å². The summed E-state index contributed by atoms with van der Waals surface area (Å²) in [5.74, 6) is 1.52. The molecular weight excluding hydrogens is 358 g/mol. The third-order valence-corrected chi connectivity index (χ3v) is 5.99. The SMILES string of the molecule is CC(c1nc2cc(Cl)ccc2n1Cc1ccccc1)N1CCC(CO)CC1. The highest BCUT2D eigenvalue weighted by molar-refractivity contribution is 6.31. The third kappa shape index (κ3) is 3.88. The van der Waals surface area contributed by atoms with Crippen molar-refractivity contribution in [1.29, 1.82) is 0 Å². The summed E-state index contributed by atoms with van der Waals surface area (Å²) in [4.78, 5) is 7.45. The van der Waals surface area contributed by atoms with E-state index in [1.807, 2.05) is 18.2 Å². The molecule has 3 aromatic rings. The van der Waals surface area contributed by atoms with E-state index in [1.54, 1.807) is 0 Å². The number of rotatable bonds is 5. The van der Waals surface area contributed by atoms with Gasteiger partial charge in [-0.2, -0.15) is 0 Å². The molecule has 142 valence electrons. The van der Waals surface area contributed by atoms with E-state index in [9.17, 15) is 5.11 Å². The average Bonchev–Trinajstić information content (AvgIpc) is 3.05. The topological polar surface area (TPSA) is 41.3 Å². The molecule has 2 aromatic carbocycles. The van der Waals surface area contributed by atoms with Crippen LogP contribution in [0.1, 0.15) is 37.2 Å². The summed E-state index contributed by atoms with van der Waals surface area (Å²) in [6, 6.07) is 16.7. The van der Waals surface area contributed by atoms with Crippen LogP contribution in [-0.2, 0) is 6.54 Å². The Hall–Kier alpha value is -1.88. The summed E-state index contributed by atoms with van der Waals surface area (Å²) >= 11 is 6.22. The lowest BCUT2D eigenvalue weighted by Gasteiger charge is -2.35. The number of aromatic nitrogens is 2. The van der Waals surface area contributed by atoms with E-state index in [4.69, 9.17) is 16.6 Å². The second-order valence-electron chi connectivity index (χ2n) is 7.51. The van der Waals surface area contributed by atoms with E-state index < -0.39 is 0 Å². The quantitative estimate of drug-likeness (QED) is 0.705. The molecule has 1 atom stereocenters. The van der Waals surface area contributed by atoms with Crippen molar-refractivity contribution in [2.24, 2.45) is 5.92 Å². The largest absolute Gasteiger partial charge is 0.396 e. The first-order valence-electron chi connectivity index (χ1n) is 9.70. The number of benzene rings is 2. The molecule has 4 rings (SSSR count). The van der Waals surface area contributed by atoms with Crippen molar-refractivity contribution in [3.8, 4) is 0 Å². The summed E-state index contributed by atoms with van der Waals surface area (Å²) in [5.41, 5.74) is 3.33. The van der Waals surface area contributed by atoms with Gasteiger partial charge in [0.05, 0.1) is 17.1 Å². The van der Waals surface area contributed by atoms with Crippen molar-refractivity contribution in [2.45, 2.75) is 32.4 Å². The molecule has 0 radical (unpaired) electrons. The van der Waals surface area contributed by atoms with Gasteiger partial charge in [-0.25, -0.2) is 4.98 Å². The number of halogens is 1. The Labute approximate surface area is 165 Å². The van der Waals surface area contributed by atoms with Gasteiger partial charge in [-0.05, 0) is 62.5 Å². The predicted octanol–water partition coefficient (Wildman–Crippen LogP) is 4.50. The zero-order valence-electron chi connectivity index (χ0n) is 15.7. The van der Waals surface area contributed by atoms with Crippen molar-refractivity contribution >= 4 is 22.6 Å². The summed E-state index contributed by atoms with van der Waals surface area (Å²) in [5, 5.41) is 10.1. The third-order valence-electron chi connectivity index (χ3n) is 5.75. The average molecular weight is 384 g/mol. The monoisotopic (exact) mass is 383 g/mol. The van der Waals surface area contributed by atoms with E-state index in [2.05, 4.69) is 46.7 Å². The van der Waals surface area contributed by atoms with E-state index in [0.29, 0.717) is 12.5 Å². The summed E-state index contributed by atoms with van der Waals surface area (Å²) in [6.07, 6.45) is 2.09. The molecule has 1 N–H and O–H groups in total. The maximum atomic E-state index is 9.41.